The molecule has 0 N–H and O–H groups in total. The number of thioether (sulfide) groups is 1. The van der Waals surface area contributed by atoms with Gasteiger partial charge in [0.15, 0.2) is 16.8 Å². The fourth-order valence-electron chi connectivity index (χ4n) is 2.25. The van der Waals surface area contributed by atoms with Crippen LogP contribution < -0.4 is 0 Å². The van der Waals surface area contributed by atoms with E-state index >= 15 is 0 Å². The molecule has 3 rings (SSSR count). The minimum Gasteiger partial charge on any atom is -0.305 e. The van der Waals surface area contributed by atoms with Gasteiger partial charge in [0.05, 0.1) is 5.25 Å². The van der Waals surface area contributed by atoms with Gasteiger partial charge in [-0.2, -0.15) is 0 Å². The normalized spacial score (nSPS) is 12.1. The molecule has 5 nitrogen and oxygen atoms in total. The van der Waals surface area contributed by atoms with E-state index < -0.39 is 0 Å². The first-order valence-corrected chi connectivity index (χ1v) is 8.58. The first kappa shape index (κ1) is 16.7. The smallest absolute Gasteiger partial charge is 0.191 e. The summed E-state index contributed by atoms with van der Waals surface area (Å²) in [4.78, 5) is 16.6. The van der Waals surface area contributed by atoms with Crippen LogP contribution in [0, 0.1) is 0 Å². The molecule has 0 saturated heterocycles. The van der Waals surface area contributed by atoms with Crippen LogP contribution in [0.25, 0.3) is 11.4 Å². The quantitative estimate of drug-likeness (QED) is 0.511. The Morgan fingerprint density at radius 3 is 2.79 bits per heavy atom. The number of carbonyl (C=O) groups is 1. The molecule has 7 heteroatoms. The molecule has 0 aliphatic rings. The van der Waals surface area contributed by atoms with E-state index in [1.165, 1.54) is 11.8 Å². The second kappa shape index (κ2) is 7.15. The van der Waals surface area contributed by atoms with Crippen LogP contribution in [-0.2, 0) is 7.05 Å². The van der Waals surface area contributed by atoms with E-state index in [1.807, 2.05) is 30.7 Å². The summed E-state index contributed by atoms with van der Waals surface area (Å²) in [7, 11) is 1.88. The predicted molar refractivity (Wildman–Crippen MR) is 95.3 cm³/mol. The molecule has 2 aromatic heterocycles. The van der Waals surface area contributed by atoms with Gasteiger partial charge in [0, 0.05) is 35.6 Å². The summed E-state index contributed by atoms with van der Waals surface area (Å²) >= 11 is 7.33. The molecule has 0 aliphatic heterocycles. The highest BCUT2D eigenvalue weighted by atomic mass is 35.5. The topological polar surface area (TPSA) is 60.7 Å². The molecule has 2 heterocycles. The Labute approximate surface area is 149 Å². The fourth-order valence-corrected chi connectivity index (χ4v) is 3.33. The molecular formula is C17H15ClN4OS. The highest BCUT2D eigenvalue weighted by molar-refractivity contribution is 8.00. The standard InChI is InChI=1S/C17H15ClN4OS/c1-11(15(23)12-5-3-7-14(18)9-12)24-17-21-20-16(22(17)2)13-6-4-8-19-10-13/h3-11H,1-2H3. The van der Waals surface area contributed by atoms with Crippen molar-refractivity contribution in [1.82, 2.24) is 19.7 Å². The van der Waals surface area contributed by atoms with Gasteiger partial charge in [-0.1, -0.05) is 35.5 Å². The van der Waals surface area contributed by atoms with Gasteiger partial charge in [-0.3, -0.25) is 9.78 Å². The Morgan fingerprint density at radius 1 is 1.25 bits per heavy atom. The van der Waals surface area contributed by atoms with E-state index in [9.17, 15) is 4.79 Å². The maximum atomic E-state index is 12.5. The van der Waals surface area contributed by atoms with Crippen molar-refractivity contribution < 1.29 is 4.79 Å². The Bertz CT molecular complexity index is 866. The number of pyridine rings is 1. The summed E-state index contributed by atoms with van der Waals surface area (Å²) in [5.74, 6) is 0.724. The van der Waals surface area contributed by atoms with E-state index in [-0.39, 0.29) is 11.0 Å². The lowest BCUT2D eigenvalue weighted by Gasteiger charge is -2.10. The maximum absolute atomic E-state index is 12.5. The first-order valence-electron chi connectivity index (χ1n) is 7.32. The van der Waals surface area contributed by atoms with Crippen molar-refractivity contribution in [2.24, 2.45) is 7.05 Å². The van der Waals surface area contributed by atoms with Crippen molar-refractivity contribution in [3.05, 3.63) is 59.4 Å². The number of halogens is 1. The van der Waals surface area contributed by atoms with Crippen LogP contribution in [0.5, 0.6) is 0 Å². The van der Waals surface area contributed by atoms with Crippen LogP contribution >= 0.6 is 23.4 Å². The van der Waals surface area contributed by atoms with E-state index in [0.29, 0.717) is 21.6 Å². The molecule has 1 aromatic carbocycles. The van der Waals surface area contributed by atoms with Gasteiger partial charge in [0.1, 0.15) is 0 Å². The van der Waals surface area contributed by atoms with E-state index in [2.05, 4.69) is 15.2 Å². The molecule has 0 amide bonds. The predicted octanol–water partition coefficient (Wildman–Crippen LogP) is 3.89. The Morgan fingerprint density at radius 2 is 2.08 bits per heavy atom. The molecule has 0 bridgehead atoms. The summed E-state index contributed by atoms with van der Waals surface area (Å²) in [5.41, 5.74) is 1.48. The molecule has 24 heavy (non-hydrogen) atoms. The fraction of sp³-hybridized carbons (Fsp3) is 0.176. The number of ketones is 1. The molecule has 0 radical (unpaired) electrons. The molecule has 0 aliphatic carbocycles. The zero-order valence-corrected chi connectivity index (χ0v) is 14.8. The van der Waals surface area contributed by atoms with Gasteiger partial charge in [0.2, 0.25) is 0 Å². The van der Waals surface area contributed by atoms with E-state index in [4.69, 9.17) is 11.6 Å². The van der Waals surface area contributed by atoms with Crippen molar-refractivity contribution >= 4 is 29.1 Å². The van der Waals surface area contributed by atoms with Crippen molar-refractivity contribution in [2.45, 2.75) is 17.3 Å². The number of nitrogens with zero attached hydrogens (tertiary/aromatic N) is 4. The molecule has 0 spiro atoms. The Balaban J connectivity index is 1.79. The summed E-state index contributed by atoms with van der Waals surface area (Å²) in [6, 6.07) is 10.7. The Hall–Kier alpha value is -2.18. The first-order chi connectivity index (χ1) is 11.6. The highest BCUT2D eigenvalue weighted by Gasteiger charge is 2.20. The zero-order chi connectivity index (χ0) is 17.1. The van der Waals surface area contributed by atoms with Crippen LogP contribution in [0.15, 0.2) is 53.9 Å². The number of Topliss-reactive ketones (excluding diaryl/α,β-unsaturated/α-hetero) is 1. The molecule has 1 unspecified atom stereocenters. The highest BCUT2D eigenvalue weighted by Crippen LogP contribution is 2.27. The van der Waals surface area contributed by atoms with Crippen molar-refractivity contribution in [2.75, 3.05) is 0 Å². The van der Waals surface area contributed by atoms with Gasteiger partial charge in [0.25, 0.3) is 0 Å². The summed E-state index contributed by atoms with van der Waals surface area (Å²) in [5, 5.41) is 9.33. The minimum absolute atomic E-state index is 0.00780. The average molecular weight is 359 g/mol. The van der Waals surface area contributed by atoms with Crippen LogP contribution in [0.3, 0.4) is 0 Å². The second-order valence-corrected chi connectivity index (χ2v) is 6.99. The van der Waals surface area contributed by atoms with Gasteiger partial charge in [-0.25, -0.2) is 0 Å². The van der Waals surface area contributed by atoms with E-state index in [0.717, 1.165) is 5.56 Å². The van der Waals surface area contributed by atoms with Crippen molar-refractivity contribution in [1.29, 1.82) is 0 Å². The van der Waals surface area contributed by atoms with Crippen LogP contribution in [0.1, 0.15) is 17.3 Å². The number of hydrogen-bond acceptors (Lipinski definition) is 5. The van der Waals surface area contributed by atoms with E-state index in [1.54, 1.807) is 36.7 Å². The number of hydrogen-bond donors (Lipinski definition) is 0. The molecule has 0 saturated carbocycles. The average Bonchev–Trinajstić information content (AvgIpc) is 2.95. The van der Waals surface area contributed by atoms with Gasteiger partial charge < -0.3 is 4.57 Å². The summed E-state index contributed by atoms with van der Waals surface area (Å²) in [6.45, 7) is 1.85. The molecule has 122 valence electrons. The molecular weight excluding hydrogens is 344 g/mol. The van der Waals surface area contributed by atoms with Gasteiger partial charge >= 0.3 is 0 Å². The summed E-state index contributed by atoms with van der Waals surface area (Å²) in [6.07, 6.45) is 3.44. The molecule has 0 fully saturated rings. The monoisotopic (exact) mass is 358 g/mol. The van der Waals surface area contributed by atoms with Gasteiger partial charge in [-0.05, 0) is 31.2 Å². The maximum Gasteiger partial charge on any atom is 0.191 e. The van der Waals surface area contributed by atoms with Crippen LogP contribution in [0.2, 0.25) is 5.02 Å². The molecule has 3 aromatic rings. The third kappa shape index (κ3) is 3.49. The Kier molecular flexibility index (Phi) is 4.97. The van der Waals surface area contributed by atoms with Crippen LogP contribution in [-0.4, -0.2) is 30.8 Å². The largest absolute Gasteiger partial charge is 0.305 e. The SMILES string of the molecule is CC(Sc1nnc(-c2cccnc2)n1C)C(=O)c1cccc(Cl)c1. The zero-order valence-electron chi connectivity index (χ0n) is 13.2. The number of rotatable bonds is 5. The third-order valence-electron chi connectivity index (χ3n) is 3.52. The number of carbonyl (C=O) groups excluding carboxylic acids is 1. The minimum atomic E-state index is -0.298. The number of benzene rings is 1. The molecule has 1 atom stereocenters. The second-order valence-electron chi connectivity index (χ2n) is 5.24. The summed E-state index contributed by atoms with van der Waals surface area (Å²) < 4.78 is 1.86. The third-order valence-corrected chi connectivity index (χ3v) is 4.88. The van der Waals surface area contributed by atoms with Crippen molar-refractivity contribution in [3.8, 4) is 11.4 Å². The van der Waals surface area contributed by atoms with Crippen molar-refractivity contribution in [3.63, 3.8) is 0 Å². The van der Waals surface area contributed by atoms with Crippen LogP contribution in [0.4, 0.5) is 0 Å². The van der Waals surface area contributed by atoms with Gasteiger partial charge in [-0.15, -0.1) is 10.2 Å². The number of aromatic nitrogens is 4. The lowest BCUT2D eigenvalue weighted by atomic mass is 10.1. The lowest BCUT2D eigenvalue weighted by molar-refractivity contribution is 0.0994. The lowest BCUT2D eigenvalue weighted by Crippen LogP contribution is -2.14.